The van der Waals surface area contributed by atoms with Crippen molar-refractivity contribution in [3.63, 3.8) is 0 Å². The van der Waals surface area contributed by atoms with Crippen molar-refractivity contribution in [3.05, 3.63) is 52.5 Å². The lowest BCUT2D eigenvalue weighted by Crippen LogP contribution is -2.45. The standard InChI is InChI=1S/C23H26FN3O4/c1-4-31-18-6-5-15-17(26-18)8-10-27(22(29)30)20(15)21(28)25-14-11-13-7-9-23(2,3)19(13)16(24)12-14/h5-6,11-12,20H,4,7-10H2,1-3H3,(H,25,28)(H,29,30)/t20-/m0/s1. The predicted octanol–water partition coefficient (Wildman–Crippen LogP) is 4.06. The highest BCUT2D eigenvalue weighted by Crippen LogP contribution is 2.41. The largest absolute Gasteiger partial charge is 0.478 e. The number of amides is 2. The Hall–Kier alpha value is -3.16. The van der Waals surface area contributed by atoms with E-state index >= 15 is 0 Å². The Labute approximate surface area is 180 Å². The topological polar surface area (TPSA) is 91.8 Å². The predicted molar refractivity (Wildman–Crippen MR) is 113 cm³/mol. The Balaban J connectivity index is 1.66. The zero-order chi connectivity index (χ0) is 22.3. The zero-order valence-corrected chi connectivity index (χ0v) is 17.9. The number of ether oxygens (including phenoxy) is 1. The maximum Gasteiger partial charge on any atom is 0.408 e. The van der Waals surface area contributed by atoms with E-state index in [9.17, 15) is 19.1 Å². The fraction of sp³-hybridized carbons (Fsp3) is 0.435. The van der Waals surface area contributed by atoms with Crippen LogP contribution in [-0.4, -0.2) is 40.1 Å². The first-order chi connectivity index (χ1) is 14.7. The number of carboxylic acid groups (broad SMARTS) is 1. The van der Waals surface area contributed by atoms with Gasteiger partial charge in [0, 0.05) is 30.3 Å². The highest BCUT2D eigenvalue weighted by molar-refractivity contribution is 5.97. The molecule has 4 rings (SSSR count). The molecule has 0 unspecified atom stereocenters. The van der Waals surface area contributed by atoms with Gasteiger partial charge < -0.3 is 15.2 Å². The molecule has 1 atom stereocenters. The van der Waals surface area contributed by atoms with Gasteiger partial charge in [-0.3, -0.25) is 9.69 Å². The third-order valence-corrected chi connectivity index (χ3v) is 6.10. The number of fused-ring (bicyclic) bond motifs is 2. The average Bonchev–Trinajstić information content (AvgIpc) is 3.01. The van der Waals surface area contributed by atoms with Gasteiger partial charge in [0.15, 0.2) is 0 Å². The number of pyridine rings is 1. The molecule has 0 saturated heterocycles. The maximum absolute atomic E-state index is 14.8. The minimum Gasteiger partial charge on any atom is -0.478 e. The molecule has 0 fully saturated rings. The maximum atomic E-state index is 14.8. The van der Waals surface area contributed by atoms with E-state index in [1.807, 2.05) is 20.8 Å². The molecule has 0 radical (unpaired) electrons. The van der Waals surface area contributed by atoms with E-state index in [4.69, 9.17) is 4.74 Å². The van der Waals surface area contributed by atoms with Crippen LogP contribution in [0.2, 0.25) is 0 Å². The molecule has 2 heterocycles. The molecule has 1 aromatic heterocycles. The normalized spacial score (nSPS) is 18.8. The lowest BCUT2D eigenvalue weighted by Gasteiger charge is -2.34. The molecule has 0 bridgehead atoms. The van der Waals surface area contributed by atoms with Crippen LogP contribution in [0.5, 0.6) is 5.88 Å². The molecule has 0 saturated carbocycles. The van der Waals surface area contributed by atoms with Crippen LogP contribution in [-0.2, 0) is 23.1 Å². The molecule has 164 valence electrons. The average molecular weight is 427 g/mol. The molecule has 2 aromatic rings. The monoisotopic (exact) mass is 427 g/mol. The Morgan fingerprint density at radius 3 is 2.81 bits per heavy atom. The Morgan fingerprint density at radius 2 is 2.10 bits per heavy atom. The number of nitrogens with one attached hydrogen (secondary N) is 1. The molecular weight excluding hydrogens is 401 g/mol. The van der Waals surface area contributed by atoms with Crippen molar-refractivity contribution in [2.75, 3.05) is 18.5 Å². The Kier molecular flexibility index (Phi) is 5.33. The van der Waals surface area contributed by atoms with Crippen LogP contribution >= 0.6 is 0 Å². The summed E-state index contributed by atoms with van der Waals surface area (Å²) in [4.78, 5) is 30.5. The van der Waals surface area contributed by atoms with E-state index in [0.717, 1.165) is 23.3 Å². The number of nitrogens with zero attached hydrogens (tertiary/aromatic N) is 2. The molecular formula is C23H26FN3O4. The van der Waals surface area contributed by atoms with Gasteiger partial charge in [-0.1, -0.05) is 13.8 Å². The second-order valence-electron chi connectivity index (χ2n) is 8.61. The molecule has 1 aromatic carbocycles. The first-order valence-electron chi connectivity index (χ1n) is 10.5. The lowest BCUT2D eigenvalue weighted by atomic mass is 9.86. The van der Waals surface area contributed by atoms with Crippen molar-refractivity contribution in [2.45, 2.75) is 51.5 Å². The third kappa shape index (κ3) is 3.82. The summed E-state index contributed by atoms with van der Waals surface area (Å²) in [5.41, 5.74) is 2.79. The number of hydrogen-bond donors (Lipinski definition) is 2. The van der Waals surface area contributed by atoms with Crippen molar-refractivity contribution < 1.29 is 23.8 Å². The summed E-state index contributed by atoms with van der Waals surface area (Å²) >= 11 is 0. The van der Waals surface area contributed by atoms with Crippen molar-refractivity contribution >= 4 is 17.7 Å². The highest BCUT2D eigenvalue weighted by Gasteiger charge is 2.38. The molecule has 31 heavy (non-hydrogen) atoms. The first-order valence-corrected chi connectivity index (χ1v) is 10.5. The molecule has 1 aliphatic heterocycles. The molecule has 8 heteroatoms. The van der Waals surface area contributed by atoms with Gasteiger partial charge in [-0.25, -0.2) is 14.2 Å². The number of aryl methyl sites for hydroxylation is 1. The minimum absolute atomic E-state index is 0.135. The van der Waals surface area contributed by atoms with Crippen LogP contribution < -0.4 is 10.1 Å². The molecule has 0 spiro atoms. The zero-order valence-electron chi connectivity index (χ0n) is 17.9. The molecule has 1 aliphatic carbocycles. The van der Waals surface area contributed by atoms with Crippen molar-refractivity contribution in [1.82, 2.24) is 9.88 Å². The smallest absolute Gasteiger partial charge is 0.408 e. The van der Waals surface area contributed by atoms with Gasteiger partial charge in [-0.15, -0.1) is 0 Å². The summed E-state index contributed by atoms with van der Waals surface area (Å²) < 4.78 is 20.2. The Bertz CT molecular complexity index is 1050. The summed E-state index contributed by atoms with van der Waals surface area (Å²) in [5.74, 6) is -0.448. The van der Waals surface area contributed by atoms with Crippen LogP contribution in [0.4, 0.5) is 14.9 Å². The quantitative estimate of drug-likeness (QED) is 0.768. The van der Waals surface area contributed by atoms with E-state index in [2.05, 4.69) is 10.3 Å². The molecule has 2 amide bonds. The SMILES string of the molecule is CCOc1ccc2c(n1)CCN(C(=O)O)[C@@H]2C(=O)Nc1cc(F)c2c(c1)CCC2(C)C. The minimum atomic E-state index is -1.19. The number of benzene rings is 1. The van der Waals surface area contributed by atoms with Gasteiger partial charge in [-0.05, 0) is 54.5 Å². The molecule has 7 nitrogen and oxygen atoms in total. The number of anilines is 1. The summed E-state index contributed by atoms with van der Waals surface area (Å²) in [5, 5.41) is 12.4. The van der Waals surface area contributed by atoms with Crippen molar-refractivity contribution in [1.29, 1.82) is 0 Å². The fourth-order valence-corrected chi connectivity index (χ4v) is 4.66. The molecule has 2 aliphatic rings. The highest BCUT2D eigenvalue weighted by atomic mass is 19.1. The summed E-state index contributed by atoms with van der Waals surface area (Å²) in [6.07, 6.45) is 0.768. The number of hydrogen-bond acceptors (Lipinski definition) is 4. The van der Waals surface area contributed by atoms with Crippen LogP contribution in [0, 0.1) is 5.82 Å². The second-order valence-corrected chi connectivity index (χ2v) is 8.61. The summed E-state index contributed by atoms with van der Waals surface area (Å²) in [7, 11) is 0. The van der Waals surface area contributed by atoms with Crippen LogP contribution in [0.15, 0.2) is 24.3 Å². The third-order valence-electron chi connectivity index (χ3n) is 6.10. The van der Waals surface area contributed by atoms with Gasteiger partial charge in [-0.2, -0.15) is 0 Å². The summed E-state index contributed by atoms with van der Waals surface area (Å²) in [6, 6.07) is 5.34. The number of rotatable bonds is 4. The second kappa shape index (κ2) is 7.83. The van der Waals surface area contributed by atoms with Gasteiger partial charge in [0.25, 0.3) is 5.91 Å². The van der Waals surface area contributed by atoms with Crippen LogP contribution in [0.3, 0.4) is 0 Å². The Morgan fingerprint density at radius 1 is 1.32 bits per heavy atom. The fourth-order valence-electron chi connectivity index (χ4n) is 4.66. The van der Waals surface area contributed by atoms with E-state index in [-0.39, 0.29) is 17.8 Å². The first kappa shape index (κ1) is 21.1. The van der Waals surface area contributed by atoms with Crippen molar-refractivity contribution in [3.8, 4) is 5.88 Å². The van der Waals surface area contributed by atoms with E-state index < -0.39 is 18.0 Å². The van der Waals surface area contributed by atoms with Gasteiger partial charge in [0.2, 0.25) is 5.88 Å². The van der Waals surface area contributed by atoms with E-state index in [1.165, 1.54) is 6.07 Å². The number of aromatic nitrogens is 1. The van der Waals surface area contributed by atoms with Crippen LogP contribution in [0.1, 0.15) is 55.6 Å². The number of carbonyl (C=O) groups excluding carboxylic acids is 1. The van der Waals surface area contributed by atoms with Crippen LogP contribution in [0.25, 0.3) is 0 Å². The van der Waals surface area contributed by atoms with Gasteiger partial charge in [0.05, 0.1) is 12.3 Å². The lowest BCUT2D eigenvalue weighted by molar-refractivity contribution is -0.121. The molecule has 2 N–H and O–H groups in total. The number of halogens is 1. The van der Waals surface area contributed by atoms with E-state index in [1.54, 1.807) is 18.2 Å². The van der Waals surface area contributed by atoms with Gasteiger partial charge >= 0.3 is 6.09 Å². The van der Waals surface area contributed by atoms with Crippen molar-refractivity contribution in [2.24, 2.45) is 0 Å². The number of carbonyl (C=O) groups is 2. The van der Waals surface area contributed by atoms with Gasteiger partial charge in [0.1, 0.15) is 11.9 Å². The van der Waals surface area contributed by atoms with E-state index in [0.29, 0.717) is 41.4 Å². The summed E-state index contributed by atoms with van der Waals surface area (Å²) in [6.45, 7) is 6.45.